The quantitative estimate of drug-likeness (QED) is 0.697. The van der Waals surface area contributed by atoms with Gasteiger partial charge in [0, 0.05) is 10.9 Å². The van der Waals surface area contributed by atoms with Gasteiger partial charge in [0.05, 0.1) is 37.6 Å². The molecule has 0 aliphatic carbocycles. The van der Waals surface area contributed by atoms with Crippen molar-refractivity contribution in [2.24, 2.45) is 0 Å². The van der Waals surface area contributed by atoms with Gasteiger partial charge in [-0.2, -0.15) is 0 Å². The molecule has 7 nitrogen and oxygen atoms in total. The van der Waals surface area contributed by atoms with Crippen LogP contribution in [0.3, 0.4) is 0 Å². The van der Waals surface area contributed by atoms with Crippen LogP contribution in [0, 0.1) is 13.8 Å². The molecule has 0 bridgehead atoms. The van der Waals surface area contributed by atoms with Gasteiger partial charge in [0.2, 0.25) is 5.88 Å². The van der Waals surface area contributed by atoms with E-state index in [9.17, 15) is 0 Å². The molecule has 0 saturated carbocycles. The van der Waals surface area contributed by atoms with Crippen LogP contribution in [0.4, 0.5) is 11.5 Å². The Labute approximate surface area is 162 Å². The summed E-state index contributed by atoms with van der Waals surface area (Å²) in [6, 6.07) is 3.78. The second-order valence-corrected chi connectivity index (χ2v) is 7.91. The highest BCUT2D eigenvalue weighted by molar-refractivity contribution is 7.18. The van der Waals surface area contributed by atoms with Crippen molar-refractivity contribution in [3.8, 4) is 5.88 Å². The lowest BCUT2D eigenvalue weighted by molar-refractivity contribution is -0.922. The van der Waals surface area contributed by atoms with Crippen molar-refractivity contribution in [2.45, 2.75) is 20.4 Å². The van der Waals surface area contributed by atoms with E-state index in [2.05, 4.69) is 24.1 Å². The number of hydrogen-bond acceptors (Lipinski definition) is 7. The standard InChI is InChI=1S/C19H23N5O2S/c1-12-13(2)27-19-17(12)18(21-14-4-5-16(25-3)20-10-14)22-15(23-19)11-24-6-8-26-9-7-24/h4-5,10H,6-9,11H2,1-3H3,(H,21,22,23)/p+1. The zero-order valence-electron chi connectivity index (χ0n) is 15.8. The van der Waals surface area contributed by atoms with E-state index in [1.807, 2.05) is 12.1 Å². The highest BCUT2D eigenvalue weighted by atomic mass is 32.1. The highest BCUT2D eigenvalue weighted by Gasteiger charge is 2.19. The van der Waals surface area contributed by atoms with Crippen molar-refractivity contribution >= 4 is 33.1 Å². The predicted molar refractivity (Wildman–Crippen MR) is 106 cm³/mol. The van der Waals surface area contributed by atoms with Crippen LogP contribution in [0.5, 0.6) is 5.88 Å². The maximum Gasteiger partial charge on any atom is 0.213 e. The summed E-state index contributed by atoms with van der Waals surface area (Å²) in [5.41, 5.74) is 2.10. The lowest BCUT2D eigenvalue weighted by Crippen LogP contribution is -3.12. The van der Waals surface area contributed by atoms with Crippen molar-refractivity contribution in [1.82, 2.24) is 15.0 Å². The lowest BCUT2D eigenvalue weighted by Gasteiger charge is -2.23. The topological polar surface area (TPSA) is 73.6 Å². The molecule has 0 aromatic carbocycles. The second-order valence-electron chi connectivity index (χ2n) is 6.71. The third kappa shape index (κ3) is 3.87. The lowest BCUT2D eigenvalue weighted by atomic mass is 10.2. The van der Waals surface area contributed by atoms with Crippen LogP contribution >= 0.6 is 11.3 Å². The van der Waals surface area contributed by atoms with E-state index in [1.54, 1.807) is 24.6 Å². The van der Waals surface area contributed by atoms with E-state index in [0.717, 1.165) is 60.4 Å². The largest absolute Gasteiger partial charge is 0.481 e. The number of methoxy groups -OCH3 is 1. The Morgan fingerprint density at radius 3 is 2.74 bits per heavy atom. The van der Waals surface area contributed by atoms with Gasteiger partial charge < -0.3 is 19.7 Å². The van der Waals surface area contributed by atoms with E-state index >= 15 is 0 Å². The predicted octanol–water partition coefficient (Wildman–Crippen LogP) is 1.87. The van der Waals surface area contributed by atoms with Gasteiger partial charge in [-0.15, -0.1) is 11.3 Å². The van der Waals surface area contributed by atoms with Gasteiger partial charge >= 0.3 is 0 Å². The van der Waals surface area contributed by atoms with Gasteiger partial charge in [0.25, 0.3) is 0 Å². The number of rotatable bonds is 5. The maximum absolute atomic E-state index is 5.46. The number of fused-ring (bicyclic) bond motifs is 1. The molecule has 4 rings (SSSR count). The van der Waals surface area contributed by atoms with Crippen LogP contribution in [0.1, 0.15) is 16.3 Å². The minimum Gasteiger partial charge on any atom is -0.481 e. The maximum atomic E-state index is 5.46. The summed E-state index contributed by atoms with van der Waals surface area (Å²) < 4.78 is 10.6. The van der Waals surface area contributed by atoms with Crippen molar-refractivity contribution in [3.63, 3.8) is 0 Å². The molecule has 8 heteroatoms. The summed E-state index contributed by atoms with van der Waals surface area (Å²) in [5, 5.41) is 4.53. The first-order chi connectivity index (χ1) is 13.1. The zero-order valence-corrected chi connectivity index (χ0v) is 16.7. The van der Waals surface area contributed by atoms with Crippen LogP contribution in [0.15, 0.2) is 18.3 Å². The molecule has 1 aliphatic heterocycles. The Morgan fingerprint density at radius 1 is 1.22 bits per heavy atom. The van der Waals surface area contributed by atoms with Crippen LogP contribution in [-0.4, -0.2) is 48.4 Å². The van der Waals surface area contributed by atoms with Gasteiger partial charge in [-0.25, -0.2) is 15.0 Å². The third-order valence-corrected chi connectivity index (χ3v) is 5.99. The molecule has 1 fully saturated rings. The average molecular weight is 387 g/mol. The number of aryl methyl sites for hydroxylation is 2. The van der Waals surface area contributed by atoms with Crippen LogP contribution in [0.2, 0.25) is 0 Å². The SMILES string of the molecule is COc1ccc(Nc2nc(C[NH+]3CCOCC3)nc3sc(C)c(C)c23)cn1. The third-order valence-electron chi connectivity index (χ3n) is 4.89. The molecule has 0 unspecified atom stereocenters. The molecule has 1 saturated heterocycles. The molecular weight excluding hydrogens is 362 g/mol. The number of nitrogens with zero attached hydrogens (tertiary/aromatic N) is 3. The Balaban J connectivity index is 1.69. The number of nitrogens with one attached hydrogen (secondary N) is 2. The summed E-state index contributed by atoms with van der Waals surface area (Å²) in [6.45, 7) is 8.67. The van der Waals surface area contributed by atoms with Crippen LogP contribution in [0.25, 0.3) is 10.2 Å². The summed E-state index contributed by atoms with van der Waals surface area (Å²) >= 11 is 1.73. The highest BCUT2D eigenvalue weighted by Crippen LogP contribution is 2.34. The molecule has 142 valence electrons. The Bertz CT molecular complexity index is 935. The fourth-order valence-corrected chi connectivity index (χ4v) is 4.28. The second kappa shape index (κ2) is 7.75. The normalized spacial score (nSPS) is 15.2. The van der Waals surface area contributed by atoms with E-state index in [0.29, 0.717) is 5.88 Å². The van der Waals surface area contributed by atoms with Crippen molar-refractivity contribution < 1.29 is 14.4 Å². The minimum absolute atomic E-state index is 0.590. The summed E-state index contributed by atoms with van der Waals surface area (Å²) in [7, 11) is 1.61. The number of aromatic nitrogens is 3. The summed E-state index contributed by atoms with van der Waals surface area (Å²) in [4.78, 5) is 17.8. The van der Waals surface area contributed by atoms with Gasteiger partial charge in [-0.05, 0) is 25.5 Å². The number of ether oxygens (including phenoxy) is 2. The average Bonchev–Trinajstić information content (AvgIpc) is 2.97. The van der Waals surface area contributed by atoms with E-state index in [-0.39, 0.29) is 0 Å². The first-order valence-corrected chi connectivity index (χ1v) is 9.90. The first-order valence-electron chi connectivity index (χ1n) is 9.09. The molecular formula is C19H24N5O2S+. The van der Waals surface area contributed by atoms with Crippen LogP contribution < -0.4 is 15.0 Å². The molecule has 0 atom stereocenters. The fourth-order valence-electron chi connectivity index (χ4n) is 3.24. The number of morpholine rings is 1. The number of anilines is 2. The molecule has 4 heterocycles. The van der Waals surface area contributed by atoms with Gasteiger partial charge in [0.1, 0.15) is 30.3 Å². The van der Waals surface area contributed by atoms with E-state index < -0.39 is 0 Å². The Kier molecular flexibility index (Phi) is 5.20. The molecule has 3 aromatic rings. The smallest absolute Gasteiger partial charge is 0.213 e. The molecule has 27 heavy (non-hydrogen) atoms. The number of pyridine rings is 1. The Morgan fingerprint density at radius 2 is 2.04 bits per heavy atom. The minimum atomic E-state index is 0.590. The van der Waals surface area contributed by atoms with Gasteiger partial charge in [-0.3, -0.25) is 0 Å². The molecule has 0 spiro atoms. The molecule has 3 aromatic heterocycles. The van der Waals surface area contributed by atoms with Crippen molar-refractivity contribution in [3.05, 3.63) is 34.6 Å². The van der Waals surface area contributed by atoms with Crippen molar-refractivity contribution in [1.29, 1.82) is 0 Å². The molecule has 2 N–H and O–H groups in total. The summed E-state index contributed by atoms with van der Waals surface area (Å²) in [6.07, 6.45) is 1.76. The van der Waals surface area contributed by atoms with Crippen LogP contribution in [-0.2, 0) is 11.3 Å². The van der Waals surface area contributed by atoms with Gasteiger partial charge in [0.15, 0.2) is 5.82 Å². The monoisotopic (exact) mass is 386 g/mol. The van der Waals surface area contributed by atoms with E-state index in [1.165, 1.54) is 15.3 Å². The number of thiophene rings is 1. The first kappa shape index (κ1) is 18.1. The number of hydrogen-bond donors (Lipinski definition) is 2. The van der Waals surface area contributed by atoms with Crippen molar-refractivity contribution in [2.75, 3.05) is 38.7 Å². The van der Waals surface area contributed by atoms with Gasteiger partial charge in [-0.1, -0.05) is 0 Å². The summed E-state index contributed by atoms with van der Waals surface area (Å²) in [5.74, 6) is 2.30. The Hall–Kier alpha value is -2.29. The van der Waals surface area contributed by atoms with E-state index in [4.69, 9.17) is 19.4 Å². The zero-order chi connectivity index (χ0) is 18.8. The number of quaternary nitrogens is 1. The molecule has 1 aliphatic rings. The fraction of sp³-hybridized carbons (Fsp3) is 0.421. The molecule has 0 amide bonds. The molecule has 0 radical (unpaired) electrons.